The fraction of sp³-hybridized carbons (Fsp3) is 0.333. The average molecular weight is 359 g/mol. The van der Waals surface area contributed by atoms with Gasteiger partial charge in [0.25, 0.3) is 5.91 Å². The number of nitrogens with zero attached hydrogens (tertiary/aromatic N) is 1. The van der Waals surface area contributed by atoms with E-state index in [-0.39, 0.29) is 29.1 Å². The van der Waals surface area contributed by atoms with Gasteiger partial charge in [-0.3, -0.25) is 9.78 Å². The molecule has 2 N–H and O–H groups in total. The zero-order chi connectivity index (χ0) is 17.7. The third kappa shape index (κ3) is 5.03. The number of benzene rings is 1. The molecule has 1 saturated heterocycles. The number of nitrogens with one attached hydrogen (secondary N) is 2. The summed E-state index contributed by atoms with van der Waals surface area (Å²) in [6.45, 7) is 0.746. The Morgan fingerprint density at radius 3 is 2.72 bits per heavy atom. The number of pyridine rings is 1. The molecule has 132 valence electrons. The summed E-state index contributed by atoms with van der Waals surface area (Å²) < 4.78 is 22.9. The summed E-state index contributed by atoms with van der Waals surface area (Å²) >= 11 is 0. The van der Waals surface area contributed by atoms with Crippen molar-refractivity contribution in [3.05, 3.63) is 59.9 Å². The fourth-order valence-corrected chi connectivity index (χ4v) is 4.50. The van der Waals surface area contributed by atoms with Crippen molar-refractivity contribution in [1.82, 2.24) is 10.3 Å². The summed E-state index contributed by atoms with van der Waals surface area (Å²) in [6, 6.07) is 13.3. The summed E-state index contributed by atoms with van der Waals surface area (Å²) in [6.07, 6.45) is 2.92. The molecular formula is C18H21N3O3S. The number of aromatic nitrogens is 1. The summed E-state index contributed by atoms with van der Waals surface area (Å²) in [4.78, 5) is 16.3. The first-order valence-electron chi connectivity index (χ1n) is 8.27. The molecule has 6 nitrogen and oxygen atoms in total. The molecule has 0 spiro atoms. The van der Waals surface area contributed by atoms with E-state index in [0.717, 1.165) is 18.7 Å². The molecule has 1 fully saturated rings. The Kier molecular flexibility index (Phi) is 5.33. The van der Waals surface area contributed by atoms with Crippen LogP contribution in [0.25, 0.3) is 0 Å². The molecule has 3 rings (SSSR count). The lowest BCUT2D eigenvalue weighted by Gasteiger charge is -2.11. The average Bonchev–Trinajstić information content (AvgIpc) is 2.94. The Labute approximate surface area is 147 Å². The molecule has 0 aliphatic carbocycles. The van der Waals surface area contributed by atoms with Crippen molar-refractivity contribution in [1.29, 1.82) is 0 Å². The van der Waals surface area contributed by atoms with Crippen LogP contribution in [0.3, 0.4) is 0 Å². The van der Waals surface area contributed by atoms with Crippen LogP contribution in [0, 0.1) is 0 Å². The van der Waals surface area contributed by atoms with Gasteiger partial charge >= 0.3 is 0 Å². The molecule has 1 aliphatic heterocycles. The second-order valence-corrected chi connectivity index (χ2v) is 8.39. The third-order valence-corrected chi connectivity index (χ3v) is 5.91. The van der Waals surface area contributed by atoms with Gasteiger partial charge < -0.3 is 10.6 Å². The summed E-state index contributed by atoms with van der Waals surface area (Å²) in [5, 5.41) is 6.03. The van der Waals surface area contributed by atoms with Gasteiger partial charge in [-0.1, -0.05) is 30.3 Å². The molecule has 1 aromatic carbocycles. The first kappa shape index (κ1) is 17.4. The number of sulfone groups is 1. The maximum absolute atomic E-state index is 12.3. The zero-order valence-corrected chi connectivity index (χ0v) is 14.6. The van der Waals surface area contributed by atoms with Crippen LogP contribution in [0.5, 0.6) is 0 Å². The first-order valence-corrected chi connectivity index (χ1v) is 10.1. The number of anilines is 1. The Morgan fingerprint density at radius 2 is 2.00 bits per heavy atom. The molecule has 0 radical (unpaired) electrons. The second-order valence-electron chi connectivity index (χ2n) is 6.17. The molecular weight excluding hydrogens is 338 g/mol. The molecule has 2 aromatic rings. The smallest absolute Gasteiger partial charge is 0.270 e. The normalized spacial score (nSPS) is 18.6. The van der Waals surface area contributed by atoms with E-state index in [0.29, 0.717) is 6.42 Å². The highest BCUT2D eigenvalue weighted by atomic mass is 32.2. The van der Waals surface area contributed by atoms with Crippen molar-refractivity contribution >= 4 is 21.4 Å². The number of amides is 1. The lowest BCUT2D eigenvalue weighted by molar-refractivity contribution is 0.0936. The summed E-state index contributed by atoms with van der Waals surface area (Å²) in [5.74, 6) is -0.200. The van der Waals surface area contributed by atoms with E-state index >= 15 is 0 Å². The highest BCUT2D eigenvalue weighted by molar-refractivity contribution is 7.91. The minimum atomic E-state index is -3.02. The topological polar surface area (TPSA) is 88.2 Å². The van der Waals surface area contributed by atoms with Gasteiger partial charge in [0.1, 0.15) is 5.69 Å². The van der Waals surface area contributed by atoms with Gasteiger partial charge in [-0.05, 0) is 30.5 Å². The predicted molar refractivity (Wildman–Crippen MR) is 97.4 cm³/mol. The number of carbonyl (C=O) groups is 1. The van der Waals surface area contributed by atoms with E-state index in [1.165, 1.54) is 5.56 Å². The van der Waals surface area contributed by atoms with Gasteiger partial charge in [0.05, 0.1) is 11.5 Å². The van der Waals surface area contributed by atoms with Gasteiger partial charge in [0.15, 0.2) is 9.84 Å². The number of rotatable bonds is 6. The van der Waals surface area contributed by atoms with E-state index < -0.39 is 9.84 Å². The molecule has 25 heavy (non-hydrogen) atoms. The largest absolute Gasteiger partial charge is 0.385 e. The Bertz CT molecular complexity index is 838. The van der Waals surface area contributed by atoms with Crippen molar-refractivity contribution < 1.29 is 13.2 Å². The second kappa shape index (κ2) is 7.65. The number of hydrogen-bond acceptors (Lipinski definition) is 5. The van der Waals surface area contributed by atoms with Crippen molar-refractivity contribution in [2.24, 2.45) is 0 Å². The minimum absolute atomic E-state index is 0.00769. The lowest BCUT2D eigenvalue weighted by atomic mass is 10.1. The van der Waals surface area contributed by atoms with Crippen molar-refractivity contribution in [3.63, 3.8) is 0 Å². The van der Waals surface area contributed by atoms with Gasteiger partial charge in [-0.15, -0.1) is 0 Å². The van der Waals surface area contributed by atoms with E-state index in [4.69, 9.17) is 0 Å². The van der Waals surface area contributed by atoms with Crippen LogP contribution in [0.4, 0.5) is 5.69 Å². The van der Waals surface area contributed by atoms with Crippen LogP contribution in [-0.2, 0) is 16.3 Å². The van der Waals surface area contributed by atoms with Crippen LogP contribution >= 0.6 is 0 Å². The molecule has 7 heteroatoms. The molecule has 1 unspecified atom stereocenters. The lowest BCUT2D eigenvalue weighted by Crippen LogP contribution is -2.36. The highest BCUT2D eigenvalue weighted by Gasteiger charge is 2.29. The van der Waals surface area contributed by atoms with Gasteiger partial charge in [-0.25, -0.2) is 8.42 Å². The van der Waals surface area contributed by atoms with Crippen molar-refractivity contribution in [2.45, 2.75) is 18.9 Å². The van der Waals surface area contributed by atoms with E-state index in [1.807, 2.05) is 24.3 Å². The molecule has 0 bridgehead atoms. The maximum Gasteiger partial charge on any atom is 0.270 e. The standard InChI is InChI=1S/C18H21N3O3S/c22-18(21-16-8-11-25(23,24)13-16)17-12-15(7-10-20-17)19-9-6-14-4-2-1-3-5-14/h1-5,7,10,12,16H,6,8-9,11,13H2,(H,19,20)(H,21,22). The van der Waals surface area contributed by atoms with E-state index in [2.05, 4.69) is 27.8 Å². The summed E-state index contributed by atoms with van der Waals surface area (Å²) in [5.41, 5.74) is 2.34. The van der Waals surface area contributed by atoms with Crippen LogP contribution in [0.2, 0.25) is 0 Å². The molecule has 0 saturated carbocycles. The minimum Gasteiger partial charge on any atom is -0.385 e. The summed E-state index contributed by atoms with van der Waals surface area (Å²) in [7, 11) is -3.02. The predicted octanol–water partition coefficient (Wildman–Crippen LogP) is 1.65. The molecule has 1 atom stereocenters. The van der Waals surface area contributed by atoms with Crippen LogP contribution in [-0.4, -0.2) is 43.4 Å². The molecule has 2 heterocycles. The first-order chi connectivity index (χ1) is 12.0. The zero-order valence-electron chi connectivity index (χ0n) is 13.8. The van der Waals surface area contributed by atoms with E-state index in [1.54, 1.807) is 12.3 Å². The highest BCUT2D eigenvalue weighted by Crippen LogP contribution is 2.13. The maximum atomic E-state index is 12.3. The third-order valence-electron chi connectivity index (χ3n) is 4.15. The van der Waals surface area contributed by atoms with Crippen molar-refractivity contribution in [2.75, 3.05) is 23.4 Å². The Morgan fingerprint density at radius 1 is 1.20 bits per heavy atom. The van der Waals surface area contributed by atoms with E-state index in [9.17, 15) is 13.2 Å². The fourth-order valence-electron chi connectivity index (χ4n) is 2.83. The van der Waals surface area contributed by atoms with Gasteiger partial charge in [-0.2, -0.15) is 0 Å². The van der Waals surface area contributed by atoms with Crippen molar-refractivity contribution in [3.8, 4) is 0 Å². The quantitative estimate of drug-likeness (QED) is 0.819. The molecule has 1 aromatic heterocycles. The van der Waals surface area contributed by atoms with Crippen LogP contribution in [0.15, 0.2) is 48.7 Å². The van der Waals surface area contributed by atoms with Crippen LogP contribution in [0.1, 0.15) is 22.5 Å². The monoisotopic (exact) mass is 359 g/mol. The molecule has 1 aliphatic rings. The Hall–Kier alpha value is -2.41. The number of hydrogen-bond donors (Lipinski definition) is 2. The number of carbonyl (C=O) groups excluding carboxylic acids is 1. The Balaban J connectivity index is 1.54. The van der Waals surface area contributed by atoms with Crippen LogP contribution < -0.4 is 10.6 Å². The van der Waals surface area contributed by atoms with Gasteiger partial charge in [0.2, 0.25) is 0 Å². The molecule has 1 amide bonds. The SMILES string of the molecule is O=C(NC1CCS(=O)(=O)C1)c1cc(NCCc2ccccc2)ccn1. The van der Waals surface area contributed by atoms with Gasteiger partial charge in [0, 0.05) is 24.5 Å².